The number of rotatable bonds is 5. The zero-order chi connectivity index (χ0) is 17.0. The maximum atomic E-state index is 11.6. The highest BCUT2D eigenvalue weighted by Crippen LogP contribution is 2.36. The molecule has 0 aliphatic rings. The summed E-state index contributed by atoms with van der Waals surface area (Å²) in [6.07, 6.45) is 0.405. The average Bonchev–Trinajstić information content (AvgIpc) is 2.63. The van der Waals surface area contributed by atoms with Crippen LogP contribution in [-0.4, -0.2) is 12.2 Å². The van der Waals surface area contributed by atoms with E-state index >= 15 is 0 Å². The lowest BCUT2D eigenvalue weighted by Crippen LogP contribution is -2.31. The number of nitrogen functional groups attached to an aromatic ring is 1. The van der Waals surface area contributed by atoms with Crippen molar-refractivity contribution in [1.82, 2.24) is 0 Å². The number of nitrogens with two attached hydrogens (primary N) is 1. The van der Waals surface area contributed by atoms with Crippen molar-refractivity contribution in [1.29, 1.82) is 0 Å². The van der Waals surface area contributed by atoms with Gasteiger partial charge in [-0.15, -0.1) is 0 Å². The van der Waals surface area contributed by atoms with Crippen LogP contribution in [0.1, 0.15) is 16.7 Å². The Hall–Kier alpha value is -2.78. The molecule has 122 valence electrons. The topological polar surface area (TPSA) is 55.5 Å². The molecule has 0 radical (unpaired) electrons. The fourth-order valence-corrected chi connectivity index (χ4v) is 3.02. The highest BCUT2D eigenvalue weighted by molar-refractivity contribution is 5.54. The van der Waals surface area contributed by atoms with Crippen molar-refractivity contribution >= 4 is 5.69 Å². The molecule has 0 aliphatic carbocycles. The molecule has 0 aliphatic heterocycles. The van der Waals surface area contributed by atoms with Gasteiger partial charge in [-0.3, -0.25) is 0 Å². The first-order chi connectivity index (χ1) is 11.6. The maximum absolute atomic E-state index is 11.6. The number of anilines is 1. The Morgan fingerprint density at radius 3 is 2.33 bits per heavy atom. The molecule has 3 aromatic rings. The van der Waals surface area contributed by atoms with Gasteiger partial charge in [0.2, 0.25) is 0 Å². The van der Waals surface area contributed by atoms with Gasteiger partial charge < -0.3 is 15.6 Å². The summed E-state index contributed by atoms with van der Waals surface area (Å²) in [5, 5.41) is 11.6. The Balaban J connectivity index is 2.10. The van der Waals surface area contributed by atoms with Crippen LogP contribution in [0.5, 0.6) is 5.75 Å². The fraction of sp³-hybridized carbons (Fsp3) is 0.143. The van der Waals surface area contributed by atoms with E-state index in [4.69, 9.17) is 10.5 Å². The fourth-order valence-electron chi connectivity index (χ4n) is 3.02. The van der Waals surface area contributed by atoms with Crippen LogP contribution in [0.25, 0.3) is 0 Å². The number of para-hydroxylation sites is 1. The molecule has 24 heavy (non-hydrogen) atoms. The minimum absolute atomic E-state index is 0.405. The van der Waals surface area contributed by atoms with Gasteiger partial charge in [0.25, 0.3) is 0 Å². The lowest BCUT2D eigenvalue weighted by molar-refractivity contribution is 0.0819. The van der Waals surface area contributed by atoms with Crippen molar-refractivity contribution in [2.75, 3.05) is 12.8 Å². The molecule has 1 unspecified atom stereocenters. The molecule has 0 bridgehead atoms. The Kier molecular flexibility index (Phi) is 4.54. The lowest BCUT2D eigenvalue weighted by Gasteiger charge is -2.31. The standard InChI is InChI=1S/C21H21NO2/c1-24-18-11-7-8-16(14-18)15-21(23,17-9-3-2-4-10-17)19-12-5-6-13-20(19)22/h2-14,23H,15,22H2,1H3. The van der Waals surface area contributed by atoms with E-state index in [1.807, 2.05) is 78.9 Å². The van der Waals surface area contributed by atoms with E-state index in [0.717, 1.165) is 16.9 Å². The van der Waals surface area contributed by atoms with E-state index < -0.39 is 5.60 Å². The lowest BCUT2D eigenvalue weighted by atomic mass is 9.80. The highest BCUT2D eigenvalue weighted by atomic mass is 16.5. The Labute approximate surface area is 142 Å². The van der Waals surface area contributed by atoms with Crippen molar-refractivity contribution in [2.45, 2.75) is 12.0 Å². The van der Waals surface area contributed by atoms with Crippen LogP contribution in [0.3, 0.4) is 0 Å². The number of hydrogen-bond donors (Lipinski definition) is 2. The molecule has 0 saturated heterocycles. The first-order valence-corrected chi connectivity index (χ1v) is 7.89. The third-order valence-electron chi connectivity index (χ3n) is 4.25. The third kappa shape index (κ3) is 3.12. The van der Waals surface area contributed by atoms with Crippen molar-refractivity contribution in [2.24, 2.45) is 0 Å². The summed E-state index contributed by atoms with van der Waals surface area (Å²) >= 11 is 0. The summed E-state index contributed by atoms with van der Waals surface area (Å²) in [6, 6.07) is 24.8. The number of benzene rings is 3. The van der Waals surface area contributed by atoms with E-state index in [1.54, 1.807) is 7.11 Å². The Morgan fingerprint density at radius 1 is 0.917 bits per heavy atom. The summed E-state index contributed by atoms with van der Waals surface area (Å²) in [5.41, 5.74) is 8.03. The van der Waals surface area contributed by atoms with Gasteiger partial charge in [-0.05, 0) is 29.3 Å². The summed E-state index contributed by atoms with van der Waals surface area (Å²) in [7, 11) is 1.64. The van der Waals surface area contributed by atoms with E-state index in [2.05, 4.69) is 0 Å². The molecule has 1 atom stereocenters. The third-order valence-corrected chi connectivity index (χ3v) is 4.25. The normalized spacial score (nSPS) is 13.2. The van der Waals surface area contributed by atoms with Crippen LogP contribution in [0.15, 0.2) is 78.9 Å². The second-order valence-corrected chi connectivity index (χ2v) is 5.84. The van der Waals surface area contributed by atoms with Crippen molar-refractivity contribution in [3.63, 3.8) is 0 Å². The quantitative estimate of drug-likeness (QED) is 0.704. The van der Waals surface area contributed by atoms with E-state index in [-0.39, 0.29) is 0 Å². The van der Waals surface area contributed by atoms with Gasteiger partial charge in [0.15, 0.2) is 0 Å². The van der Waals surface area contributed by atoms with Crippen LogP contribution in [0, 0.1) is 0 Å². The van der Waals surface area contributed by atoms with Gasteiger partial charge in [0, 0.05) is 17.7 Å². The highest BCUT2D eigenvalue weighted by Gasteiger charge is 2.33. The van der Waals surface area contributed by atoms with Gasteiger partial charge in [-0.2, -0.15) is 0 Å². The molecule has 3 rings (SSSR count). The molecule has 0 aromatic heterocycles. The molecule has 0 amide bonds. The monoisotopic (exact) mass is 319 g/mol. The second kappa shape index (κ2) is 6.77. The molecule has 3 N–H and O–H groups in total. The Morgan fingerprint density at radius 2 is 1.62 bits per heavy atom. The van der Waals surface area contributed by atoms with Gasteiger partial charge >= 0.3 is 0 Å². The zero-order valence-corrected chi connectivity index (χ0v) is 13.6. The molecule has 0 saturated carbocycles. The van der Waals surface area contributed by atoms with Crippen LogP contribution in [-0.2, 0) is 12.0 Å². The molecule has 0 fully saturated rings. The molecule has 3 nitrogen and oxygen atoms in total. The van der Waals surface area contributed by atoms with Crippen LogP contribution in [0.4, 0.5) is 5.69 Å². The Bertz CT molecular complexity index is 817. The molecule has 0 heterocycles. The average molecular weight is 319 g/mol. The summed E-state index contributed by atoms with van der Waals surface area (Å²) in [6.45, 7) is 0. The van der Waals surface area contributed by atoms with Crippen LogP contribution < -0.4 is 10.5 Å². The molecule has 0 spiro atoms. The van der Waals surface area contributed by atoms with Crippen LogP contribution in [0.2, 0.25) is 0 Å². The second-order valence-electron chi connectivity index (χ2n) is 5.84. The van der Waals surface area contributed by atoms with Crippen molar-refractivity contribution < 1.29 is 9.84 Å². The minimum Gasteiger partial charge on any atom is -0.497 e. The maximum Gasteiger partial charge on any atom is 0.121 e. The molecule has 3 heteroatoms. The zero-order valence-electron chi connectivity index (χ0n) is 13.6. The molecular formula is C21H21NO2. The van der Waals surface area contributed by atoms with Gasteiger partial charge in [-0.25, -0.2) is 0 Å². The first kappa shape index (κ1) is 16.1. The van der Waals surface area contributed by atoms with E-state index in [9.17, 15) is 5.11 Å². The SMILES string of the molecule is COc1cccc(CC(O)(c2ccccc2)c2ccccc2N)c1. The smallest absolute Gasteiger partial charge is 0.121 e. The van der Waals surface area contributed by atoms with Crippen molar-refractivity contribution in [3.05, 3.63) is 95.6 Å². The largest absolute Gasteiger partial charge is 0.497 e. The predicted octanol–water partition coefficient (Wildman–Crippen LogP) is 3.76. The minimum atomic E-state index is -1.21. The number of methoxy groups -OCH3 is 1. The van der Waals surface area contributed by atoms with Gasteiger partial charge in [0.1, 0.15) is 11.4 Å². The number of aliphatic hydroxyl groups is 1. The number of ether oxygens (including phenoxy) is 1. The summed E-state index contributed by atoms with van der Waals surface area (Å²) in [5.74, 6) is 0.768. The first-order valence-electron chi connectivity index (χ1n) is 7.89. The van der Waals surface area contributed by atoms with E-state index in [1.165, 1.54) is 0 Å². The van der Waals surface area contributed by atoms with Gasteiger partial charge in [0.05, 0.1) is 7.11 Å². The predicted molar refractivity (Wildman–Crippen MR) is 97.0 cm³/mol. The van der Waals surface area contributed by atoms with Crippen LogP contribution >= 0.6 is 0 Å². The van der Waals surface area contributed by atoms with Crippen molar-refractivity contribution in [3.8, 4) is 5.75 Å². The molecular weight excluding hydrogens is 298 g/mol. The summed E-state index contributed by atoms with van der Waals surface area (Å²) in [4.78, 5) is 0. The molecule has 3 aromatic carbocycles. The van der Waals surface area contributed by atoms with E-state index in [0.29, 0.717) is 17.7 Å². The van der Waals surface area contributed by atoms with Gasteiger partial charge in [-0.1, -0.05) is 60.7 Å². The summed E-state index contributed by atoms with van der Waals surface area (Å²) < 4.78 is 5.30. The number of hydrogen-bond acceptors (Lipinski definition) is 3.